The molecule has 4 rings (SSSR count). The second-order valence-corrected chi connectivity index (χ2v) is 17.3. The van der Waals surface area contributed by atoms with Gasteiger partial charge in [-0.2, -0.15) is 4.31 Å². The highest BCUT2D eigenvalue weighted by Gasteiger charge is 2.30. The zero-order valence-electron chi connectivity index (χ0n) is 26.8. The first-order valence-corrected chi connectivity index (χ1v) is 20.0. The first-order valence-electron chi connectivity index (χ1n) is 15.3. The summed E-state index contributed by atoms with van der Waals surface area (Å²) >= 11 is -1.56. The van der Waals surface area contributed by atoms with Gasteiger partial charge in [-0.05, 0) is 76.2 Å². The lowest BCUT2D eigenvalue weighted by atomic mass is 9.92. The number of hydrogen-bond acceptors (Lipinski definition) is 7. The van der Waals surface area contributed by atoms with Crippen molar-refractivity contribution < 1.29 is 26.5 Å². The van der Waals surface area contributed by atoms with Crippen LogP contribution >= 0.6 is 0 Å². The van der Waals surface area contributed by atoms with E-state index in [2.05, 4.69) is 4.72 Å². The average Bonchev–Trinajstić information content (AvgIpc) is 3.02. The van der Waals surface area contributed by atoms with Crippen molar-refractivity contribution in [2.75, 3.05) is 30.8 Å². The van der Waals surface area contributed by atoms with Gasteiger partial charge in [-0.1, -0.05) is 80.6 Å². The molecule has 12 heteroatoms. The van der Waals surface area contributed by atoms with Gasteiger partial charge in [-0.15, -0.1) is 0 Å². The molecule has 0 aliphatic heterocycles. The number of nitrogen functional groups attached to an aromatic ring is 1. The number of aliphatic hydroxyl groups is 1. The van der Waals surface area contributed by atoms with Crippen molar-refractivity contribution in [3.63, 3.8) is 0 Å². The summed E-state index contributed by atoms with van der Waals surface area (Å²) in [6, 6.07) is 27.7. The number of anilines is 1. The Labute approximate surface area is 281 Å². The minimum atomic E-state index is -3.97. The smallest absolute Gasteiger partial charge is 0.243 e. The van der Waals surface area contributed by atoms with E-state index < -0.39 is 49.3 Å². The molecule has 252 valence electrons. The monoisotopic (exact) mass is 697 g/mol. The number of benzene rings is 4. The van der Waals surface area contributed by atoms with E-state index in [4.69, 9.17) is 5.73 Å². The number of rotatable bonds is 16. The third-order valence-electron chi connectivity index (χ3n) is 7.56. The highest BCUT2D eigenvalue weighted by atomic mass is 32.2. The predicted octanol–water partition coefficient (Wildman–Crippen LogP) is 4.57. The largest absolute Gasteiger partial charge is 0.611 e. The van der Waals surface area contributed by atoms with Crippen molar-refractivity contribution in [3.8, 4) is 0 Å². The number of nitrogens with two attached hydrogens (primary N) is 1. The summed E-state index contributed by atoms with van der Waals surface area (Å²) in [5.74, 6) is -0.671. The van der Waals surface area contributed by atoms with Crippen LogP contribution in [-0.4, -0.2) is 68.0 Å². The van der Waals surface area contributed by atoms with Gasteiger partial charge in [0, 0.05) is 30.8 Å². The van der Waals surface area contributed by atoms with Crippen LogP contribution in [0.4, 0.5) is 5.69 Å². The first kappa shape index (κ1) is 36.6. The number of fused-ring (bicyclic) bond motifs is 1. The molecule has 0 bridgehead atoms. The lowest BCUT2D eigenvalue weighted by Gasteiger charge is -2.29. The van der Waals surface area contributed by atoms with Crippen LogP contribution in [0.3, 0.4) is 0 Å². The zero-order chi connectivity index (χ0) is 34.2. The summed E-state index contributed by atoms with van der Waals surface area (Å²) in [6.45, 7) is 3.78. The second-order valence-electron chi connectivity index (χ2n) is 12.1. The van der Waals surface area contributed by atoms with Gasteiger partial charge in [0.1, 0.15) is 5.75 Å². The SMILES string of the molecule is CC(C)CN(C[C@@H](O)[C@@H](/C=C/[C@@H](C[S+]([O-])c1ccc2ccccc2c1)NS(C)(=O)=O)Cc1ccccc1)S(=O)(=O)c1ccc(N)cc1. The molecule has 0 aliphatic rings. The molecule has 47 heavy (non-hydrogen) atoms. The Morgan fingerprint density at radius 2 is 1.51 bits per heavy atom. The summed E-state index contributed by atoms with van der Waals surface area (Å²) in [4.78, 5) is 0.638. The van der Waals surface area contributed by atoms with E-state index in [1.165, 1.54) is 28.6 Å². The van der Waals surface area contributed by atoms with E-state index in [0.29, 0.717) is 17.0 Å². The number of aliphatic hydroxyl groups excluding tert-OH is 1. The van der Waals surface area contributed by atoms with Gasteiger partial charge in [0.25, 0.3) is 0 Å². The van der Waals surface area contributed by atoms with Gasteiger partial charge in [0.2, 0.25) is 20.0 Å². The fourth-order valence-corrected chi connectivity index (χ4v) is 8.91. The molecule has 1 unspecified atom stereocenters. The maximum Gasteiger partial charge on any atom is 0.243 e. The predicted molar refractivity (Wildman–Crippen MR) is 190 cm³/mol. The minimum absolute atomic E-state index is 0.0256. The van der Waals surface area contributed by atoms with Gasteiger partial charge >= 0.3 is 0 Å². The van der Waals surface area contributed by atoms with Crippen LogP contribution in [0.2, 0.25) is 0 Å². The van der Waals surface area contributed by atoms with Gasteiger partial charge < -0.3 is 15.4 Å². The standard InChI is InChI=1S/C35H43N3O6S3/c1-26(2)23-38(47(43,44)34-19-15-31(36)16-20-34)24-35(39)30(21-27-9-5-4-6-10-27)13-17-32(37-46(3,41)42)25-45(40)33-18-14-28-11-7-8-12-29(28)22-33/h4-20,22,26,30,32,35,37,39H,21,23-25,36H2,1-3H3/b17-13+/t30-,32-,35+,45?/m0/s1. The Morgan fingerprint density at radius 3 is 2.15 bits per heavy atom. The molecule has 0 fully saturated rings. The van der Waals surface area contributed by atoms with E-state index in [1.807, 2.05) is 80.6 Å². The van der Waals surface area contributed by atoms with Gasteiger partial charge in [-0.3, -0.25) is 0 Å². The Bertz CT molecular complexity index is 1850. The third-order valence-corrected chi connectivity index (χ3v) is 11.6. The number of nitrogens with one attached hydrogen (secondary N) is 1. The van der Waals surface area contributed by atoms with E-state index in [0.717, 1.165) is 22.6 Å². The Morgan fingerprint density at radius 1 is 0.872 bits per heavy atom. The molecular weight excluding hydrogens is 655 g/mol. The molecule has 4 aromatic carbocycles. The number of hydrogen-bond donors (Lipinski definition) is 3. The van der Waals surface area contributed by atoms with Crippen LogP contribution < -0.4 is 10.5 Å². The molecule has 0 aliphatic carbocycles. The number of sulfonamides is 2. The molecule has 0 spiro atoms. The maximum absolute atomic E-state index is 13.7. The van der Waals surface area contributed by atoms with Crippen molar-refractivity contribution >= 4 is 47.7 Å². The van der Waals surface area contributed by atoms with Crippen molar-refractivity contribution in [3.05, 3.63) is 115 Å². The molecule has 0 aromatic heterocycles. The summed E-state index contributed by atoms with van der Waals surface area (Å²) in [6.07, 6.45) is 3.54. The zero-order valence-corrected chi connectivity index (χ0v) is 29.2. The lowest BCUT2D eigenvalue weighted by molar-refractivity contribution is 0.103. The third kappa shape index (κ3) is 10.9. The van der Waals surface area contributed by atoms with Gasteiger partial charge in [0.15, 0.2) is 4.90 Å². The first-order chi connectivity index (χ1) is 22.2. The maximum atomic E-state index is 13.7. The van der Waals surface area contributed by atoms with Crippen LogP contribution in [0, 0.1) is 11.8 Å². The molecule has 4 N–H and O–H groups in total. The summed E-state index contributed by atoms with van der Waals surface area (Å²) in [7, 11) is -7.66. The minimum Gasteiger partial charge on any atom is -0.611 e. The quantitative estimate of drug-likeness (QED) is 0.0881. The van der Waals surface area contributed by atoms with Crippen molar-refractivity contribution in [1.82, 2.24) is 9.03 Å². The van der Waals surface area contributed by atoms with E-state index >= 15 is 0 Å². The van der Waals surface area contributed by atoms with Crippen LogP contribution in [0.1, 0.15) is 19.4 Å². The average molecular weight is 698 g/mol. The second kappa shape index (κ2) is 16.2. The van der Waals surface area contributed by atoms with Crippen LogP contribution in [-0.2, 0) is 37.6 Å². The molecule has 0 saturated heterocycles. The normalized spacial score (nSPS) is 15.3. The van der Waals surface area contributed by atoms with E-state index in [-0.39, 0.29) is 29.7 Å². The Hall–Kier alpha value is -3.23. The van der Waals surface area contributed by atoms with Crippen molar-refractivity contribution in [2.45, 2.75) is 42.2 Å². The van der Waals surface area contributed by atoms with Gasteiger partial charge in [0.05, 0.1) is 23.3 Å². The summed E-state index contributed by atoms with van der Waals surface area (Å²) < 4.78 is 69.4. The fraction of sp³-hybridized carbons (Fsp3) is 0.314. The Kier molecular flexibility index (Phi) is 12.7. The summed E-state index contributed by atoms with van der Waals surface area (Å²) in [5.41, 5.74) is 7.13. The molecule has 0 saturated carbocycles. The highest BCUT2D eigenvalue weighted by Crippen LogP contribution is 2.24. The van der Waals surface area contributed by atoms with Crippen LogP contribution in [0.25, 0.3) is 10.8 Å². The molecule has 4 atom stereocenters. The van der Waals surface area contributed by atoms with Crippen LogP contribution in [0.5, 0.6) is 0 Å². The van der Waals surface area contributed by atoms with E-state index in [1.54, 1.807) is 18.2 Å². The molecule has 0 radical (unpaired) electrons. The van der Waals surface area contributed by atoms with E-state index in [9.17, 15) is 26.5 Å². The van der Waals surface area contributed by atoms with Crippen molar-refractivity contribution in [1.29, 1.82) is 0 Å². The molecular formula is C35H43N3O6S3. The highest BCUT2D eigenvalue weighted by molar-refractivity contribution is 7.91. The Balaban J connectivity index is 1.62. The van der Waals surface area contributed by atoms with Crippen molar-refractivity contribution in [2.24, 2.45) is 11.8 Å². The topological polar surface area (TPSA) is 153 Å². The number of nitrogens with zero attached hydrogens (tertiary/aromatic N) is 1. The van der Waals surface area contributed by atoms with Crippen LogP contribution in [0.15, 0.2) is 119 Å². The molecule has 9 nitrogen and oxygen atoms in total. The molecule has 4 aromatic rings. The summed E-state index contributed by atoms with van der Waals surface area (Å²) in [5, 5.41) is 13.6. The van der Waals surface area contributed by atoms with Gasteiger partial charge in [-0.25, -0.2) is 21.6 Å². The lowest BCUT2D eigenvalue weighted by Crippen LogP contribution is -2.42. The molecule has 0 heterocycles. The molecule has 0 amide bonds. The fourth-order valence-electron chi connectivity index (χ4n) is 5.28.